The number of aliphatic carboxylic acids is 2. The van der Waals surface area contributed by atoms with Gasteiger partial charge in [-0.1, -0.05) is 13.8 Å². The van der Waals surface area contributed by atoms with Crippen LogP contribution in [0.4, 0.5) is 0 Å². The predicted molar refractivity (Wildman–Crippen MR) is 70.9 cm³/mol. The van der Waals surface area contributed by atoms with Gasteiger partial charge in [0, 0.05) is 0 Å². The maximum Gasteiger partial charge on any atom is 0.321 e. The molecule has 4 heteroatoms. The molecule has 0 heterocycles. The van der Waals surface area contributed by atoms with Crippen LogP contribution in [0.1, 0.15) is 65.2 Å². The highest BCUT2D eigenvalue weighted by atomic mass is 16.4. The Morgan fingerprint density at radius 2 is 1.11 bits per heavy atom. The molecule has 0 saturated heterocycles. The molecule has 108 valence electrons. The molecule has 2 N–H and O–H groups in total. The van der Waals surface area contributed by atoms with E-state index in [4.69, 9.17) is 0 Å². The van der Waals surface area contributed by atoms with Crippen LogP contribution in [-0.2, 0) is 9.59 Å². The van der Waals surface area contributed by atoms with Gasteiger partial charge >= 0.3 is 11.9 Å². The summed E-state index contributed by atoms with van der Waals surface area (Å²) in [5.41, 5.74) is -0.929. The maximum atomic E-state index is 11.3. The van der Waals surface area contributed by atoms with Gasteiger partial charge in [-0.3, -0.25) is 9.59 Å². The van der Waals surface area contributed by atoms with Crippen LogP contribution in [0, 0.1) is 16.2 Å². The van der Waals surface area contributed by atoms with Crippen molar-refractivity contribution in [3.05, 3.63) is 0 Å². The highest BCUT2D eigenvalue weighted by Crippen LogP contribution is 2.55. The Kier molecular flexibility index (Phi) is 3.40. The number of rotatable bonds is 2. The Bertz CT molecular complexity index is 361. The Labute approximate surface area is 114 Å². The summed E-state index contributed by atoms with van der Waals surface area (Å²) in [6, 6.07) is 0. The lowest BCUT2D eigenvalue weighted by Crippen LogP contribution is -2.46. The van der Waals surface area contributed by atoms with Crippen molar-refractivity contribution in [2.75, 3.05) is 0 Å². The van der Waals surface area contributed by atoms with Crippen molar-refractivity contribution in [1.82, 2.24) is 0 Å². The first-order valence-electron chi connectivity index (χ1n) is 7.18. The topological polar surface area (TPSA) is 74.6 Å². The fourth-order valence-electron chi connectivity index (χ4n) is 3.68. The van der Waals surface area contributed by atoms with Crippen LogP contribution in [-0.4, -0.2) is 22.2 Å². The lowest BCUT2D eigenvalue weighted by atomic mass is 9.56. The maximum absolute atomic E-state index is 11.3. The summed E-state index contributed by atoms with van der Waals surface area (Å²) in [4.78, 5) is 22.6. The van der Waals surface area contributed by atoms with Gasteiger partial charge in [-0.15, -0.1) is 0 Å². The summed E-state index contributed by atoms with van der Waals surface area (Å²) in [7, 11) is 0. The van der Waals surface area contributed by atoms with Crippen molar-refractivity contribution in [2.45, 2.75) is 65.2 Å². The van der Waals surface area contributed by atoms with Crippen LogP contribution in [0.25, 0.3) is 0 Å². The monoisotopic (exact) mass is 268 g/mol. The van der Waals surface area contributed by atoms with Gasteiger partial charge in [-0.05, 0) is 62.2 Å². The van der Waals surface area contributed by atoms with Crippen LogP contribution in [0.15, 0.2) is 0 Å². The third-order valence-corrected chi connectivity index (χ3v) is 5.65. The van der Waals surface area contributed by atoms with Crippen LogP contribution in [0.3, 0.4) is 0 Å². The van der Waals surface area contributed by atoms with E-state index in [0.29, 0.717) is 5.41 Å². The summed E-state index contributed by atoms with van der Waals surface area (Å²) in [6.45, 7) is 4.56. The normalized spacial score (nSPS) is 27.9. The average Bonchev–Trinajstić information content (AvgIpc) is 2.34. The molecule has 0 atom stereocenters. The van der Waals surface area contributed by atoms with E-state index in [1.165, 1.54) is 12.8 Å². The third kappa shape index (κ3) is 2.49. The second-order valence-corrected chi connectivity index (χ2v) is 7.36. The van der Waals surface area contributed by atoms with E-state index in [-0.39, 0.29) is 18.3 Å². The molecule has 0 aliphatic heterocycles. The molecule has 0 aromatic carbocycles. The Morgan fingerprint density at radius 1 is 0.737 bits per heavy atom. The molecule has 2 aliphatic rings. The average molecular weight is 268 g/mol. The minimum Gasteiger partial charge on any atom is -0.480 e. The van der Waals surface area contributed by atoms with Gasteiger partial charge < -0.3 is 10.2 Å². The van der Waals surface area contributed by atoms with E-state index in [2.05, 4.69) is 13.8 Å². The molecule has 2 saturated carbocycles. The quantitative estimate of drug-likeness (QED) is 0.753. The summed E-state index contributed by atoms with van der Waals surface area (Å²) in [5, 5.41) is 18.5. The van der Waals surface area contributed by atoms with Gasteiger partial charge in [-0.2, -0.15) is 0 Å². The van der Waals surface area contributed by atoms with Gasteiger partial charge in [0.25, 0.3) is 0 Å². The number of carboxylic acids is 2. The number of carboxylic acid groups (broad SMARTS) is 2. The summed E-state index contributed by atoms with van der Waals surface area (Å²) < 4.78 is 0. The zero-order valence-corrected chi connectivity index (χ0v) is 11.9. The number of hydrogen-bond acceptors (Lipinski definition) is 2. The second-order valence-electron chi connectivity index (χ2n) is 7.36. The first-order chi connectivity index (χ1) is 8.72. The van der Waals surface area contributed by atoms with E-state index in [9.17, 15) is 19.8 Å². The van der Waals surface area contributed by atoms with Crippen molar-refractivity contribution >= 4 is 11.9 Å². The van der Waals surface area contributed by atoms with E-state index in [0.717, 1.165) is 25.7 Å². The molecule has 19 heavy (non-hydrogen) atoms. The van der Waals surface area contributed by atoms with Gasteiger partial charge in [-0.25, -0.2) is 0 Å². The molecule has 2 rings (SSSR count). The Morgan fingerprint density at radius 3 is 1.47 bits per heavy atom. The first-order valence-corrected chi connectivity index (χ1v) is 7.18. The molecule has 2 aliphatic carbocycles. The summed E-state index contributed by atoms with van der Waals surface area (Å²) >= 11 is 0. The Hall–Kier alpha value is -1.06. The molecule has 0 aromatic heterocycles. The largest absolute Gasteiger partial charge is 0.480 e. The summed E-state index contributed by atoms with van der Waals surface area (Å²) in [5.74, 6) is -2.32. The zero-order chi connectivity index (χ0) is 14.3. The minimum absolute atomic E-state index is 0.212. The summed E-state index contributed by atoms with van der Waals surface area (Å²) in [6.07, 6.45) is 6.66. The van der Waals surface area contributed by atoms with Crippen molar-refractivity contribution in [2.24, 2.45) is 16.2 Å². The molecular weight excluding hydrogens is 244 g/mol. The van der Waals surface area contributed by atoms with Crippen molar-refractivity contribution in [1.29, 1.82) is 0 Å². The van der Waals surface area contributed by atoms with Gasteiger partial charge in [0.2, 0.25) is 0 Å². The lowest BCUT2D eigenvalue weighted by molar-refractivity contribution is -0.170. The smallest absolute Gasteiger partial charge is 0.321 e. The SMILES string of the molecule is CC1(C)CCC2(CC1)CCC(C(=O)O)(C(=O)O)CC2. The van der Waals surface area contributed by atoms with Crippen molar-refractivity contribution < 1.29 is 19.8 Å². The standard InChI is InChI=1S/C15H24O4/c1-13(2)3-5-14(6-4-13)7-9-15(10-8-14,11(16)17)12(18)19/h3-10H2,1-2H3,(H,16,17)(H,18,19). The van der Waals surface area contributed by atoms with Crippen molar-refractivity contribution in [3.63, 3.8) is 0 Å². The van der Waals surface area contributed by atoms with Crippen molar-refractivity contribution in [3.8, 4) is 0 Å². The minimum atomic E-state index is -1.53. The lowest BCUT2D eigenvalue weighted by Gasteiger charge is -2.48. The molecule has 0 radical (unpaired) electrons. The molecule has 0 bridgehead atoms. The van der Waals surface area contributed by atoms with Gasteiger partial charge in [0.15, 0.2) is 5.41 Å². The van der Waals surface area contributed by atoms with Crippen LogP contribution < -0.4 is 0 Å². The van der Waals surface area contributed by atoms with Gasteiger partial charge in [0.1, 0.15) is 0 Å². The number of hydrogen-bond donors (Lipinski definition) is 2. The fourth-order valence-corrected chi connectivity index (χ4v) is 3.68. The first kappa shape index (κ1) is 14.4. The van der Waals surface area contributed by atoms with E-state index >= 15 is 0 Å². The van der Waals surface area contributed by atoms with Gasteiger partial charge in [0.05, 0.1) is 0 Å². The Balaban J connectivity index is 2.07. The fraction of sp³-hybridized carbons (Fsp3) is 0.867. The highest BCUT2D eigenvalue weighted by Gasteiger charge is 2.53. The highest BCUT2D eigenvalue weighted by molar-refractivity contribution is 5.98. The molecule has 0 unspecified atom stereocenters. The number of carbonyl (C=O) groups is 2. The predicted octanol–water partition coefficient (Wildman–Crippen LogP) is 3.30. The van der Waals surface area contributed by atoms with E-state index in [1.54, 1.807) is 0 Å². The van der Waals surface area contributed by atoms with Crippen LogP contribution in [0.5, 0.6) is 0 Å². The molecule has 0 aromatic rings. The second kappa shape index (κ2) is 4.50. The molecule has 1 spiro atoms. The molecule has 2 fully saturated rings. The molecule has 0 amide bonds. The van der Waals surface area contributed by atoms with E-state index in [1.807, 2.05) is 0 Å². The van der Waals surface area contributed by atoms with Crippen LogP contribution in [0.2, 0.25) is 0 Å². The molecular formula is C15H24O4. The van der Waals surface area contributed by atoms with E-state index < -0.39 is 17.4 Å². The van der Waals surface area contributed by atoms with Crippen LogP contribution >= 0.6 is 0 Å². The third-order valence-electron chi connectivity index (χ3n) is 5.65. The molecule has 4 nitrogen and oxygen atoms in total. The zero-order valence-electron chi connectivity index (χ0n) is 11.9.